The number of aromatic nitrogens is 2. The second-order valence-corrected chi connectivity index (χ2v) is 6.21. The van der Waals surface area contributed by atoms with E-state index in [9.17, 15) is 4.79 Å². The van der Waals surface area contributed by atoms with Gasteiger partial charge >= 0.3 is 5.97 Å². The Bertz CT molecular complexity index is 950. The van der Waals surface area contributed by atoms with Crippen LogP contribution in [0.2, 0.25) is 0 Å². The summed E-state index contributed by atoms with van der Waals surface area (Å²) in [6.07, 6.45) is 3.54. The molecule has 1 heterocycles. The Morgan fingerprint density at radius 2 is 1.68 bits per heavy atom. The lowest BCUT2D eigenvalue weighted by Gasteiger charge is -2.15. The van der Waals surface area contributed by atoms with Gasteiger partial charge in [0, 0.05) is 11.9 Å². The lowest BCUT2D eigenvalue weighted by Crippen LogP contribution is -2.07. The van der Waals surface area contributed by atoms with E-state index in [1.807, 2.05) is 12.1 Å². The smallest absolute Gasteiger partial charge is 0.339 e. The summed E-state index contributed by atoms with van der Waals surface area (Å²) in [5, 5.41) is 6.54. The number of rotatable bonds is 7. The van der Waals surface area contributed by atoms with Gasteiger partial charge in [-0.15, -0.1) is 0 Å². The predicted molar refractivity (Wildman–Crippen MR) is 112 cm³/mol. The molecule has 0 spiro atoms. The molecule has 6 heteroatoms. The number of carbonyl (C=O) groups excluding carboxylic acids is 1. The maximum absolute atomic E-state index is 12.0. The largest absolute Gasteiger partial charge is 0.465 e. The first-order chi connectivity index (χ1) is 13.7. The van der Waals surface area contributed by atoms with Crippen LogP contribution in [0.25, 0.3) is 0 Å². The average molecular weight is 376 g/mol. The zero-order valence-electron chi connectivity index (χ0n) is 16.3. The lowest BCUT2D eigenvalue weighted by molar-refractivity contribution is 0.0602. The van der Waals surface area contributed by atoms with Crippen molar-refractivity contribution in [2.45, 2.75) is 26.7 Å². The minimum atomic E-state index is -0.415. The fraction of sp³-hybridized carbons (Fsp3) is 0.227. The molecule has 0 bridgehead atoms. The van der Waals surface area contributed by atoms with Crippen LogP contribution in [0.15, 0.2) is 54.7 Å². The molecule has 0 aliphatic carbocycles. The van der Waals surface area contributed by atoms with Gasteiger partial charge in [0.15, 0.2) is 0 Å². The zero-order valence-corrected chi connectivity index (χ0v) is 16.3. The fourth-order valence-electron chi connectivity index (χ4n) is 3.02. The van der Waals surface area contributed by atoms with Gasteiger partial charge in [0.2, 0.25) is 5.95 Å². The number of benzene rings is 2. The summed E-state index contributed by atoms with van der Waals surface area (Å²) in [7, 11) is 1.36. The Kier molecular flexibility index (Phi) is 6.22. The van der Waals surface area contributed by atoms with E-state index in [2.05, 4.69) is 52.6 Å². The van der Waals surface area contributed by atoms with Crippen LogP contribution < -0.4 is 10.6 Å². The summed E-state index contributed by atoms with van der Waals surface area (Å²) in [4.78, 5) is 20.8. The molecule has 0 aliphatic heterocycles. The average Bonchev–Trinajstić information content (AvgIpc) is 2.74. The van der Waals surface area contributed by atoms with Gasteiger partial charge in [-0.1, -0.05) is 44.2 Å². The third-order valence-electron chi connectivity index (χ3n) is 4.49. The molecule has 0 saturated carbocycles. The molecule has 2 N–H and O–H groups in total. The van der Waals surface area contributed by atoms with E-state index in [1.165, 1.54) is 18.2 Å². The van der Waals surface area contributed by atoms with Crippen LogP contribution in [0.1, 0.15) is 35.3 Å². The van der Waals surface area contributed by atoms with Crippen molar-refractivity contribution >= 4 is 29.1 Å². The maximum atomic E-state index is 12.0. The molecular formula is C22H24N4O2. The van der Waals surface area contributed by atoms with Gasteiger partial charge in [0.05, 0.1) is 18.4 Å². The number of carbonyl (C=O) groups is 1. The van der Waals surface area contributed by atoms with E-state index in [-0.39, 0.29) is 0 Å². The number of para-hydroxylation sites is 2. The number of nitrogens with one attached hydrogen (secondary N) is 2. The van der Waals surface area contributed by atoms with Crippen LogP contribution >= 0.6 is 0 Å². The number of hydrogen-bond donors (Lipinski definition) is 2. The minimum Gasteiger partial charge on any atom is -0.465 e. The molecule has 28 heavy (non-hydrogen) atoms. The van der Waals surface area contributed by atoms with Crippen LogP contribution in [0, 0.1) is 0 Å². The van der Waals surface area contributed by atoms with Crippen molar-refractivity contribution in [2.75, 3.05) is 17.7 Å². The molecule has 0 fully saturated rings. The first-order valence-corrected chi connectivity index (χ1v) is 9.31. The van der Waals surface area contributed by atoms with Crippen LogP contribution in [0.3, 0.4) is 0 Å². The molecule has 1 aromatic heterocycles. The van der Waals surface area contributed by atoms with Crippen LogP contribution in [0.5, 0.6) is 0 Å². The summed E-state index contributed by atoms with van der Waals surface area (Å²) in [5.74, 6) is 0.666. The standard InChI is InChI=1S/C22H24N4O2/c1-4-15-9-8-10-16(5-2)20(15)25-19-13-14-23-22(26-19)24-18-12-7-6-11-17(18)21(27)28-3/h6-14H,4-5H2,1-3H3,(H2,23,24,25,26). The van der Waals surface area contributed by atoms with Gasteiger partial charge in [-0.25, -0.2) is 9.78 Å². The normalized spacial score (nSPS) is 10.4. The quantitative estimate of drug-likeness (QED) is 0.573. The number of hydrogen-bond acceptors (Lipinski definition) is 6. The number of ether oxygens (including phenoxy) is 1. The zero-order chi connectivity index (χ0) is 19.9. The number of anilines is 4. The summed E-state index contributed by atoms with van der Waals surface area (Å²) in [6, 6.07) is 15.2. The highest BCUT2D eigenvalue weighted by Gasteiger charge is 2.13. The second kappa shape index (κ2) is 8.99. The van der Waals surface area contributed by atoms with E-state index in [1.54, 1.807) is 24.4 Å². The monoisotopic (exact) mass is 376 g/mol. The van der Waals surface area contributed by atoms with E-state index >= 15 is 0 Å². The Morgan fingerprint density at radius 3 is 2.36 bits per heavy atom. The van der Waals surface area contributed by atoms with Crippen molar-refractivity contribution in [1.29, 1.82) is 0 Å². The van der Waals surface area contributed by atoms with Crippen molar-refractivity contribution < 1.29 is 9.53 Å². The van der Waals surface area contributed by atoms with Crippen LogP contribution in [-0.4, -0.2) is 23.0 Å². The highest BCUT2D eigenvalue weighted by atomic mass is 16.5. The maximum Gasteiger partial charge on any atom is 0.339 e. The molecule has 0 amide bonds. The molecule has 0 unspecified atom stereocenters. The Hall–Kier alpha value is -3.41. The summed E-state index contributed by atoms with van der Waals surface area (Å²) < 4.78 is 4.84. The van der Waals surface area contributed by atoms with E-state index in [0.29, 0.717) is 23.0 Å². The van der Waals surface area contributed by atoms with Gasteiger partial charge < -0.3 is 15.4 Å². The molecule has 0 aliphatic rings. The summed E-state index contributed by atoms with van der Waals surface area (Å²) in [6.45, 7) is 4.27. The van der Waals surface area contributed by atoms with Crippen molar-refractivity contribution in [2.24, 2.45) is 0 Å². The molecular weight excluding hydrogens is 352 g/mol. The SMILES string of the molecule is CCc1cccc(CC)c1Nc1ccnc(Nc2ccccc2C(=O)OC)n1. The van der Waals surface area contributed by atoms with Gasteiger partial charge in [-0.05, 0) is 42.2 Å². The van der Waals surface area contributed by atoms with E-state index < -0.39 is 5.97 Å². The Balaban J connectivity index is 1.88. The van der Waals surface area contributed by atoms with Gasteiger partial charge in [-0.3, -0.25) is 0 Å². The molecule has 0 saturated heterocycles. The third-order valence-corrected chi connectivity index (χ3v) is 4.49. The first kappa shape index (κ1) is 19.4. The molecule has 0 atom stereocenters. The first-order valence-electron chi connectivity index (χ1n) is 9.31. The molecule has 0 radical (unpaired) electrons. The number of aryl methyl sites for hydroxylation is 2. The second-order valence-electron chi connectivity index (χ2n) is 6.21. The minimum absolute atomic E-state index is 0.397. The Labute approximate surface area is 165 Å². The van der Waals surface area contributed by atoms with Gasteiger partial charge in [0.25, 0.3) is 0 Å². The third kappa shape index (κ3) is 4.28. The summed E-state index contributed by atoms with van der Waals surface area (Å²) >= 11 is 0. The van der Waals surface area contributed by atoms with Gasteiger partial charge in [0.1, 0.15) is 5.82 Å². The van der Waals surface area contributed by atoms with Crippen molar-refractivity contribution in [1.82, 2.24) is 9.97 Å². The molecule has 3 aromatic rings. The molecule has 144 valence electrons. The molecule has 6 nitrogen and oxygen atoms in total. The molecule has 2 aromatic carbocycles. The fourth-order valence-corrected chi connectivity index (χ4v) is 3.02. The van der Waals surface area contributed by atoms with Crippen molar-refractivity contribution in [3.8, 4) is 0 Å². The number of nitrogens with zero attached hydrogens (tertiary/aromatic N) is 2. The number of esters is 1. The molecule has 3 rings (SSSR count). The van der Waals surface area contributed by atoms with Crippen molar-refractivity contribution in [3.05, 3.63) is 71.4 Å². The van der Waals surface area contributed by atoms with Crippen LogP contribution in [0.4, 0.5) is 23.1 Å². The Morgan fingerprint density at radius 1 is 0.964 bits per heavy atom. The van der Waals surface area contributed by atoms with Crippen molar-refractivity contribution in [3.63, 3.8) is 0 Å². The topological polar surface area (TPSA) is 76.1 Å². The van der Waals surface area contributed by atoms with Crippen LogP contribution in [-0.2, 0) is 17.6 Å². The van der Waals surface area contributed by atoms with Gasteiger partial charge in [-0.2, -0.15) is 4.98 Å². The summed E-state index contributed by atoms with van der Waals surface area (Å²) in [5.41, 5.74) is 4.59. The highest BCUT2D eigenvalue weighted by molar-refractivity contribution is 5.96. The lowest BCUT2D eigenvalue weighted by atomic mass is 10.0. The number of methoxy groups -OCH3 is 1. The predicted octanol–water partition coefficient (Wildman–Crippen LogP) is 4.88. The van der Waals surface area contributed by atoms with E-state index in [0.717, 1.165) is 18.5 Å². The highest BCUT2D eigenvalue weighted by Crippen LogP contribution is 2.26. The van der Waals surface area contributed by atoms with E-state index in [4.69, 9.17) is 4.74 Å².